The third-order valence-corrected chi connectivity index (χ3v) is 6.62. The van der Waals surface area contributed by atoms with Gasteiger partial charge in [-0.1, -0.05) is 24.3 Å². The molecule has 0 fully saturated rings. The maximum absolute atomic E-state index is 12.9. The molecule has 12 heteroatoms. The second-order valence-corrected chi connectivity index (χ2v) is 9.25. The van der Waals surface area contributed by atoms with Gasteiger partial charge in [-0.25, -0.2) is 13.4 Å². The highest BCUT2D eigenvalue weighted by molar-refractivity contribution is 7.92. The molecule has 184 valence electrons. The molecule has 0 saturated carbocycles. The first kappa shape index (κ1) is 24.4. The number of imidazole rings is 1. The summed E-state index contributed by atoms with van der Waals surface area (Å²) in [5.41, 5.74) is 4.80. The van der Waals surface area contributed by atoms with Crippen molar-refractivity contribution in [1.82, 2.24) is 9.55 Å². The number of aromatic nitrogens is 2. The molecule has 3 aromatic carbocycles. The molecule has 11 nitrogen and oxygen atoms in total. The summed E-state index contributed by atoms with van der Waals surface area (Å²) in [7, 11) is -2.71. The fourth-order valence-corrected chi connectivity index (χ4v) is 4.44. The molecule has 1 aromatic heterocycles. The van der Waals surface area contributed by atoms with Crippen LogP contribution in [-0.4, -0.2) is 35.7 Å². The van der Waals surface area contributed by atoms with Crippen molar-refractivity contribution >= 4 is 32.8 Å². The van der Waals surface area contributed by atoms with Crippen LogP contribution in [0.1, 0.15) is 12.5 Å². The van der Waals surface area contributed by atoms with Crippen LogP contribution in [0.5, 0.6) is 5.75 Å². The Bertz CT molecular complexity index is 1520. The van der Waals surface area contributed by atoms with Gasteiger partial charge in [0.15, 0.2) is 0 Å². The van der Waals surface area contributed by atoms with Crippen molar-refractivity contribution in [2.24, 2.45) is 5.10 Å². The maximum atomic E-state index is 12.9. The van der Waals surface area contributed by atoms with Crippen LogP contribution in [-0.2, 0) is 10.0 Å². The fourth-order valence-electron chi connectivity index (χ4n) is 3.35. The van der Waals surface area contributed by atoms with E-state index in [0.29, 0.717) is 11.5 Å². The Morgan fingerprint density at radius 3 is 2.50 bits per heavy atom. The van der Waals surface area contributed by atoms with Crippen molar-refractivity contribution in [1.29, 1.82) is 0 Å². The molecule has 4 aromatic rings. The van der Waals surface area contributed by atoms with E-state index in [4.69, 9.17) is 4.74 Å². The molecule has 0 bridgehead atoms. The molecule has 0 atom stereocenters. The number of nitrogens with one attached hydrogen (secondary N) is 2. The van der Waals surface area contributed by atoms with Crippen LogP contribution in [0.25, 0.3) is 5.69 Å². The quantitative estimate of drug-likeness (QED) is 0.194. The van der Waals surface area contributed by atoms with Crippen molar-refractivity contribution in [3.8, 4) is 11.4 Å². The molecule has 0 spiro atoms. The lowest BCUT2D eigenvalue weighted by Gasteiger charge is -2.12. The molecular formula is C24H22N6O5S. The highest BCUT2D eigenvalue weighted by Crippen LogP contribution is 2.30. The van der Waals surface area contributed by atoms with Gasteiger partial charge in [0.05, 0.1) is 34.7 Å². The van der Waals surface area contributed by atoms with Crippen molar-refractivity contribution < 1.29 is 18.1 Å². The summed E-state index contributed by atoms with van der Waals surface area (Å²) < 4.78 is 35.2. The number of sulfonamides is 1. The number of hydrogen-bond donors (Lipinski definition) is 2. The van der Waals surface area contributed by atoms with E-state index in [1.807, 2.05) is 35.0 Å². The molecule has 0 amide bonds. The Morgan fingerprint density at radius 1 is 1.08 bits per heavy atom. The third kappa shape index (κ3) is 5.33. The molecule has 0 saturated heterocycles. The van der Waals surface area contributed by atoms with Gasteiger partial charge in [0.25, 0.3) is 15.7 Å². The van der Waals surface area contributed by atoms with E-state index in [0.717, 1.165) is 17.3 Å². The normalized spacial score (nSPS) is 11.7. The summed E-state index contributed by atoms with van der Waals surface area (Å²) in [5.74, 6) is 0.316. The van der Waals surface area contributed by atoms with Gasteiger partial charge in [0, 0.05) is 24.1 Å². The van der Waals surface area contributed by atoms with Gasteiger partial charge in [-0.3, -0.25) is 20.3 Å². The third-order valence-electron chi connectivity index (χ3n) is 5.26. The summed E-state index contributed by atoms with van der Waals surface area (Å²) in [6.45, 7) is 1.75. The summed E-state index contributed by atoms with van der Waals surface area (Å²) in [5, 5.41) is 15.9. The van der Waals surface area contributed by atoms with Gasteiger partial charge in [0.1, 0.15) is 11.4 Å². The second kappa shape index (κ2) is 10.3. The Labute approximate surface area is 207 Å². The van der Waals surface area contributed by atoms with Crippen LogP contribution < -0.4 is 14.9 Å². The van der Waals surface area contributed by atoms with Crippen LogP contribution in [0.15, 0.2) is 95.4 Å². The molecule has 0 radical (unpaired) electrons. The Hall–Kier alpha value is -4.71. The Balaban J connectivity index is 1.56. The van der Waals surface area contributed by atoms with Crippen LogP contribution >= 0.6 is 0 Å². The number of methoxy groups -OCH3 is 1. The molecular weight excluding hydrogens is 484 g/mol. The van der Waals surface area contributed by atoms with Gasteiger partial charge in [-0.2, -0.15) is 5.10 Å². The lowest BCUT2D eigenvalue weighted by Crippen LogP contribution is -2.14. The minimum absolute atomic E-state index is 0.0469. The molecule has 0 unspecified atom stereocenters. The second-order valence-electron chi connectivity index (χ2n) is 7.57. The molecule has 4 rings (SSSR count). The molecule has 36 heavy (non-hydrogen) atoms. The number of benzene rings is 3. The smallest absolute Gasteiger partial charge is 0.295 e. The van der Waals surface area contributed by atoms with E-state index in [2.05, 4.69) is 20.2 Å². The number of para-hydroxylation sites is 2. The van der Waals surface area contributed by atoms with Gasteiger partial charge in [-0.05, 0) is 48.9 Å². The molecule has 0 aliphatic carbocycles. The molecule has 2 N–H and O–H groups in total. The predicted molar refractivity (Wildman–Crippen MR) is 136 cm³/mol. The number of anilines is 2. The predicted octanol–water partition coefficient (Wildman–Crippen LogP) is 4.43. The number of hydrazone groups is 1. The minimum Gasteiger partial charge on any atom is -0.495 e. The average molecular weight is 507 g/mol. The first-order valence-electron chi connectivity index (χ1n) is 10.6. The summed E-state index contributed by atoms with van der Waals surface area (Å²) in [4.78, 5) is 14.8. The number of nitro groups is 1. The van der Waals surface area contributed by atoms with Crippen LogP contribution in [0.2, 0.25) is 0 Å². The summed E-state index contributed by atoms with van der Waals surface area (Å²) >= 11 is 0. The zero-order valence-corrected chi connectivity index (χ0v) is 20.1. The van der Waals surface area contributed by atoms with Gasteiger partial charge in [0.2, 0.25) is 0 Å². The number of ether oxygens (including phenoxy) is 1. The van der Waals surface area contributed by atoms with E-state index in [-0.39, 0.29) is 16.3 Å². The highest BCUT2D eigenvalue weighted by Gasteiger charge is 2.22. The van der Waals surface area contributed by atoms with Crippen LogP contribution in [0.4, 0.5) is 17.1 Å². The summed E-state index contributed by atoms with van der Waals surface area (Å²) in [6.07, 6.45) is 5.20. The number of nitro benzene ring substituents is 1. The average Bonchev–Trinajstić information content (AvgIpc) is 3.42. The van der Waals surface area contributed by atoms with Gasteiger partial charge < -0.3 is 9.30 Å². The Kier molecular flexibility index (Phi) is 6.97. The van der Waals surface area contributed by atoms with Gasteiger partial charge >= 0.3 is 0 Å². The van der Waals surface area contributed by atoms with Crippen molar-refractivity contribution in [3.63, 3.8) is 0 Å². The molecule has 0 aliphatic heterocycles. The summed E-state index contributed by atoms with van der Waals surface area (Å²) in [6, 6.07) is 17.5. The lowest BCUT2D eigenvalue weighted by atomic mass is 10.1. The SMILES string of the molecule is COc1ccccc1NS(=O)(=O)c1ccc(N/N=C(/C)c2ccc(-n3ccnc3)cc2)c([N+](=O)[O-])c1. The van der Waals surface area contributed by atoms with Crippen molar-refractivity contribution in [3.05, 3.63) is 101 Å². The van der Waals surface area contributed by atoms with Crippen LogP contribution in [0, 0.1) is 10.1 Å². The zero-order chi connectivity index (χ0) is 25.7. The number of hydrogen-bond acceptors (Lipinski definition) is 8. The zero-order valence-electron chi connectivity index (χ0n) is 19.3. The van der Waals surface area contributed by atoms with Crippen LogP contribution in [0.3, 0.4) is 0 Å². The standard InChI is InChI=1S/C24H22N6O5S/c1-17(18-7-9-19(10-8-18)29-14-13-25-16-29)26-27-21-12-11-20(15-23(21)30(31)32)36(33,34)28-22-5-3-4-6-24(22)35-2/h3-16,27-28H,1-2H3/b26-17-. The fraction of sp³-hybridized carbons (Fsp3) is 0.0833. The number of rotatable bonds is 9. The van der Waals surface area contributed by atoms with E-state index in [1.165, 1.54) is 25.3 Å². The van der Waals surface area contributed by atoms with E-state index in [9.17, 15) is 18.5 Å². The van der Waals surface area contributed by atoms with Crippen molar-refractivity contribution in [2.75, 3.05) is 17.3 Å². The maximum Gasteiger partial charge on any atom is 0.295 e. The topological polar surface area (TPSA) is 141 Å². The first-order chi connectivity index (χ1) is 17.3. The number of nitrogens with zero attached hydrogens (tertiary/aromatic N) is 4. The van der Waals surface area contributed by atoms with E-state index >= 15 is 0 Å². The highest BCUT2D eigenvalue weighted by atomic mass is 32.2. The molecule has 0 aliphatic rings. The van der Waals surface area contributed by atoms with E-state index in [1.54, 1.807) is 37.6 Å². The van der Waals surface area contributed by atoms with Gasteiger partial charge in [-0.15, -0.1) is 0 Å². The van der Waals surface area contributed by atoms with Crippen molar-refractivity contribution in [2.45, 2.75) is 11.8 Å². The monoisotopic (exact) mass is 506 g/mol. The van der Waals surface area contributed by atoms with E-state index < -0.39 is 20.6 Å². The lowest BCUT2D eigenvalue weighted by molar-refractivity contribution is -0.384. The largest absolute Gasteiger partial charge is 0.495 e. The molecule has 1 heterocycles. The Morgan fingerprint density at radius 2 is 1.83 bits per heavy atom. The minimum atomic E-state index is -4.12. The first-order valence-corrected chi connectivity index (χ1v) is 12.1.